The molecule has 3 heterocycles. The van der Waals surface area contributed by atoms with Crippen LogP contribution in [0.5, 0.6) is 0 Å². The summed E-state index contributed by atoms with van der Waals surface area (Å²) in [5.74, 6) is 0. The fourth-order valence-corrected chi connectivity index (χ4v) is 10.2. The molecule has 0 saturated heterocycles. The van der Waals surface area contributed by atoms with Crippen molar-refractivity contribution in [2.45, 2.75) is 112 Å². The summed E-state index contributed by atoms with van der Waals surface area (Å²) in [5.41, 5.74) is 20.7. The van der Waals surface area contributed by atoms with Crippen LogP contribution in [0.2, 0.25) is 0 Å². The number of nitrogens with zero attached hydrogens (tertiary/aromatic N) is 2. The van der Waals surface area contributed by atoms with Gasteiger partial charge in [0.15, 0.2) is 0 Å². The van der Waals surface area contributed by atoms with E-state index in [1.807, 2.05) is 11.3 Å². The second kappa shape index (κ2) is 13.5. The maximum absolute atomic E-state index is 2.62. The lowest BCUT2D eigenvalue weighted by atomic mass is 9.33. The first-order chi connectivity index (χ1) is 27.7. The van der Waals surface area contributed by atoms with Crippen molar-refractivity contribution in [2.75, 3.05) is 9.80 Å². The standard InChI is InChI=1S/C55H59BN2S/c1-34-29-48-51-49(30-34)58(45-24-19-36(53(5,6)7)31-42(45)40-15-14-16-50-41(40)27-28-59-50)47-26-21-38(55(11,12)13)33-44(47)56(51)43-32-37(54(8,9)10)20-25-46(43)57(48)39-22-17-35(18-23-39)52(2,3)4/h14-33H,1-13H3. The average molecular weight is 791 g/mol. The third-order valence-corrected chi connectivity index (χ3v) is 13.7. The summed E-state index contributed by atoms with van der Waals surface area (Å²) in [7, 11) is 0. The topological polar surface area (TPSA) is 6.48 Å². The predicted octanol–water partition coefficient (Wildman–Crippen LogP) is 14.1. The second-order valence-electron chi connectivity index (χ2n) is 21.3. The maximum Gasteiger partial charge on any atom is 0.252 e. The van der Waals surface area contributed by atoms with Crippen molar-refractivity contribution in [1.29, 1.82) is 0 Å². The zero-order valence-corrected chi connectivity index (χ0v) is 38.2. The van der Waals surface area contributed by atoms with Crippen molar-refractivity contribution >= 4 is 78.6 Å². The Morgan fingerprint density at radius 2 is 0.932 bits per heavy atom. The molecule has 0 bridgehead atoms. The smallest absolute Gasteiger partial charge is 0.252 e. The van der Waals surface area contributed by atoms with E-state index in [0.717, 1.165) is 0 Å². The van der Waals surface area contributed by atoms with Crippen LogP contribution in [0.1, 0.15) is 111 Å². The quantitative estimate of drug-likeness (QED) is 0.165. The molecule has 1 aromatic heterocycles. The van der Waals surface area contributed by atoms with Crippen molar-refractivity contribution in [1.82, 2.24) is 0 Å². The van der Waals surface area contributed by atoms with E-state index in [2.05, 4.69) is 220 Å². The van der Waals surface area contributed by atoms with Gasteiger partial charge in [-0.05, 0) is 144 Å². The normalized spacial score (nSPS) is 14.1. The molecule has 0 atom stereocenters. The third kappa shape index (κ3) is 6.63. The lowest BCUT2D eigenvalue weighted by molar-refractivity contribution is 0.590. The Kier molecular flexibility index (Phi) is 9.00. The molecule has 6 aromatic carbocycles. The SMILES string of the molecule is Cc1cc2c3c(c1)N(c1ccc(C(C)(C)C)cc1-c1cccc4sccc14)c1ccc(C(C)(C)C)cc1B3c1cc(C(C)(C)C)ccc1N2c1ccc(C(C)(C)C)cc1. The molecule has 0 N–H and O–H groups in total. The molecule has 2 aliphatic heterocycles. The van der Waals surface area contributed by atoms with Crippen LogP contribution in [0.3, 0.4) is 0 Å². The molecule has 4 heteroatoms. The van der Waals surface area contributed by atoms with Crippen molar-refractivity contribution in [3.05, 3.63) is 148 Å². The van der Waals surface area contributed by atoms with Gasteiger partial charge >= 0.3 is 0 Å². The van der Waals surface area contributed by atoms with Crippen LogP contribution in [0.4, 0.5) is 34.1 Å². The van der Waals surface area contributed by atoms with Gasteiger partial charge in [-0.1, -0.05) is 138 Å². The molecule has 0 fully saturated rings. The second-order valence-corrected chi connectivity index (χ2v) is 22.2. The predicted molar refractivity (Wildman–Crippen MR) is 261 cm³/mol. The van der Waals surface area contributed by atoms with Gasteiger partial charge in [-0.2, -0.15) is 0 Å². The molecule has 0 unspecified atom stereocenters. The molecule has 298 valence electrons. The molecule has 0 spiro atoms. The van der Waals surface area contributed by atoms with E-state index in [1.165, 1.54) is 99.5 Å². The number of anilines is 6. The number of hydrogen-bond acceptors (Lipinski definition) is 3. The van der Waals surface area contributed by atoms with Crippen molar-refractivity contribution in [3.8, 4) is 11.1 Å². The van der Waals surface area contributed by atoms with Crippen molar-refractivity contribution < 1.29 is 0 Å². The van der Waals surface area contributed by atoms with E-state index in [-0.39, 0.29) is 28.4 Å². The molecule has 0 saturated carbocycles. The lowest BCUT2D eigenvalue weighted by Gasteiger charge is -2.45. The van der Waals surface area contributed by atoms with Crippen LogP contribution in [0.25, 0.3) is 21.2 Å². The molecule has 2 aliphatic rings. The summed E-state index contributed by atoms with van der Waals surface area (Å²) in [5, 5.41) is 3.54. The van der Waals surface area contributed by atoms with Crippen LogP contribution in [0, 0.1) is 6.92 Å². The van der Waals surface area contributed by atoms with Gasteiger partial charge in [-0.25, -0.2) is 0 Å². The minimum Gasteiger partial charge on any atom is -0.311 e. The van der Waals surface area contributed by atoms with E-state index < -0.39 is 0 Å². The molecule has 0 radical (unpaired) electrons. The molecule has 9 rings (SSSR count). The van der Waals surface area contributed by atoms with E-state index in [4.69, 9.17) is 0 Å². The summed E-state index contributed by atoms with van der Waals surface area (Å²) in [6.45, 7) is 30.3. The zero-order chi connectivity index (χ0) is 42.0. The van der Waals surface area contributed by atoms with Gasteiger partial charge in [0, 0.05) is 44.1 Å². The monoisotopic (exact) mass is 790 g/mol. The summed E-state index contributed by atoms with van der Waals surface area (Å²) >= 11 is 1.82. The first-order valence-corrected chi connectivity index (χ1v) is 22.3. The van der Waals surface area contributed by atoms with Crippen LogP contribution in [-0.4, -0.2) is 6.71 Å². The fourth-order valence-electron chi connectivity index (χ4n) is 9.37. The van der Waals surface area contributed by atoms with E-state index in [9.17, 15) is 0 Å². The number of rotatable bonds is 3. The summed E-state index contributed by atoms with van der Waals surface area (Å²) in [6.07, 6.45) is 0. The number of thiophene rings is 1. The molecular formula is C55H59BN2S. The van der Waals surface area contributed by atoms with Gasteiger partial charge in [-0.15, -0.1) is 11.3 Å². The highest BCUT2D eigenvalue weighted by molar-refractivity contribution is 7.17. The average Bonchev–Trinajstić information content (AvgIpc) is 3.65. The molecular weight excluding hydrogens is 731 g/mol. The van der Waals surface area contributed by atoms with Gasteiger partial charge in [-0.3, -0.25) is 0 Å². The largest absolute Gasteiger partial charge is 0.311 e. The Balaban J connectivity index is 1.40. The number of benzene rings is 6. The first kappa shape index (κ1) is 39.4. The minimum atomic E-state index is -0.0179. The Bertz CT molecular complexity index is 2780. The maximum atomic E-state index is 2.62. The number of aryl methyl sites for hydroxylation is 1. The van der Waals surface area contributed by atoms with Crippen molar-refractivity contribution in [2.24, 2.45) is 0 Å². The van der Waals surface area contributed by atoms with Crippen LogP contribution < -0.4 is 26.2 Å². The summed E-state index contributed by atoms with van der Waals surface area (Å²) in [4.78, 5) is 5.18. The third-order valence-electron chi connectivity index (χ3n) is 12.8. The van der Waals surface area contributed by atoms with Gasteiger partial charge in [0.05, 0.1) is 5.69 Å². The number of fused-ring (bicyclic) bond motifs is 5. The summed E-state index contributed by atoms with van der Waals surface area (Å²) < 4.78 is 1.32. The Hall–Kier alpha value is -5.06. The van der Waals surface area contributed by atoms with Gasteiger partial charge in [0.2, 0.25) is 0 Å². The molecule has 0 aliphatic carbocycles. The fraction of sp³-hybridized carbons (Fsp3) is 0.309. The number of hydrogen-bond donors (Lipinski definition) is 0. The minimum absolute atomic E-state index is 0.00618. The molecule has 2 nitrogen and oxygen atoms in total. The molecule has 7 aromatic rings. The van der Waals surface area contributed by atoms with Gasteiger partial charge in [0.1, 0.15) is 0 Å². The van der Waals surface area contributed by atoms with Crippen LogP contribution >= 0.6 is 11.3 Å². The van der Waals surface area contributed by atoms with E-state index in [1.54, 1.807) is 0 Å². The van der Waals surface area contributed by atoms with E-state index in [0.29, 0.717) is 0 Å². The van der Waals surface area contributed by atoms with Crippen LogP contribution in [-0.2, 0) is 21.7 Å². The van der Waals surface area contributed by atoms with Gasteiger partial charge in [0.25, 0.3) is 6.71 Å². The Morgan fingerprint density at radius 3 is 1.49 bits per heavy atom. The Morgan fingerprint density at radius 1 is 0.441 bits per heavy atom. The zero-order valence-electron chi connectivity index (χ0n) is 37.4. The lowest BCUT2D eigenvalue weighted by Crippen LogP contribution is -2.61. The summed E-state index contributed by atoms with van der Waals surface area (Å²) in [6, 6.07) is 45.3. The first-order valence-electron chi connectivity index (χ1n) is 21.5. The molecule has 0 amide bonds. The van der Waals surface area contributed by atoms with Crippen molar-refractivity contribution in [3.63, 3.8) is 0 Å². The van der Waals surface area contributed by atoms with E-state index >= 15 is 0 Å². The highest BCUT2D eigenvalue weighted by Gasteiger charge is 2.45. The highest BCUT2D eigenvalue weighted by atomic mass is 32.1. The Labute approximate surface area is 358 Å². The van der Waals surface area contributed by atoms with Crippen LogP contribution in [0.15, 0.2) is 121 Å². The van der Waals surface area contributed by atoms with Gasteiger partial charge < -0.3 is 9.80 Å². The molecule has 59 heavy (non-hydrogen) atoms. The highest BCUT2D eigenvalue weighted by Crippen LogP contribution is 2.49.